The highest BCUT2D eigenvalue weighted by Crippen LogP contribution is 2.33. The maximum absolute atomic E-state index is 3.37. The zero-order valence-corrected chi connectivity index (χ0v) is 13.0. The van der Waals surface area contributed by atoms with E-state index in [0.717, 1.165) is 19.6 Å². The van der Waals surface area contributed by atoms with Gasteiger partial charge in [0.25, 0.3) is 0 Å². The van der Waals surface area contributed by atoms with E-state index in [4.69, 9.17) is 0 Å². The monoisotopic (exact) mass is 280 g/mol. The lowest BCUT2D eigenvalue weighted by molar-refractivity contribution is 0.726. The Morgan fingerprint density at radius 3 is 2.67 bits per heavy atom. The summed E-state index contributed by atoms with van der Waals surface area (Å²) in [6.07, 6.45) is 2.43. The number of nitrogens with zero attached hydrogens (tertiary/aromatic N) is 1. The van der Waals surface area contributed by atoms with Gasteiger partial charge >= 0.3 is 0 Å². The standard InChI is InChI=1S/C19H24N2/c1-3-20-14-16-7-9-18(10-8-16)21-12-4-5-17-13-15(2)6-11-19(17)21/h6-11,13,20H,3-5,12,14H2,1-2H3. The quantitative estimate of drug-likeness (QED) is 0.903. The van der Waals surface area contributed by atoms with Crippen molar-refractivity contribution in [1.82, 2.24) is 5.32 Å². The molecule has 0 bridgehead atoms. The normalized spacial score (nSPS) is 14.1. The fourth-order valence-corrected chi connectivity index (χ4v) is 3.06. The Kier molecular flexibility index (Phi) is 4.26. The van der Waals surface area contributed by atoms with Crippen molar-refractivity contribution in [2.75, 3.05) is 18.0 Å². The van der Waals surface area contributed by atoms with E-state index in [2.05, 4.69) is 66.5 Å². The van der Waals surface area contributed by atoms with E-state index in [1.54, 1.807) is 0 Å². The van der Waals surface area contributed by atoms with Gasteiger partial charge in [0, 0.05) is 24.5 Å². The average Bonchev–Trinajstić information content (AvgIpc) is 2.52. The molecule has 110 valence electrons. The molecule has 0 spiro atoms. The summed E-state index contributed by atoms with van der Waals surface area (Å²) in [6, 6.07) is 15.8. The summed E-state index contributed by atoms with van der Waals surface area (Å²) in [5.74, 6) is 0. The molecule has 0 aromatic heterocycles. The molecule has 3 rings (SSSR count). The number of nitrogens with one attached hydrogen (secondary N) is 1. The summed E-state index contributed by atoms with van der Waals surface area (Å²) in [4.78, 5) is 2.45. The number of aryl methyl sites for hydroxylation is 2. The van der Waals surface area contributed by atoms with Crippen LogP contribution in [0.25, 0.3) is 0 Å². The van der Waals surface area contributed by atoms with Gasteiger partial charge in [-0.1, -0.05) is 36.8 Å². The van der Waals surface area contributed by atoms with Gasteiger partial charge in [-0.15, -0.1) is 0 Å². The van der Waals surface area contributed by atoms with Crippen molar-refractivity contribution in [3.05, 3.63) is 59.2 Å². The fraction of sp³-hybridized carbons (Fsp3) is 0.368. The molecule has 2 heteroatoms. The Labute approximate surface area is 127 Å². The minimum absolute atomic E-state index is 0.951. The molecule has 0 saturated carbocycles. The lowest BCUT2D eigenvalue weighted by Crippen LogP contribution is -2.24. The third-order valence-electron chi connectivity index (χ3n) is 4.18. The van der Waals surface area contributed by atoms with Crippen LogP contribution in [0.2, 0.25) is 0 Å². The van der Waals surface area contributed by atoms with Crippen LogP contribution in [0.3, 0.4) is 0 Å². The van der Waals surface area contributed by atoms with Crippen LogP contribution < -0.4 is 10.2 Å². The van der Waals surface area contributed by atoms with E-state index in [-0.39, 0.29) is 0 Å². The van der Waals surface area contributed by atoms with Crippen LogP contribution in [0.4, 0.5) is 11.4 Å². The number of anilines is 2. The number of hydrogen-bond acceptors (Lipinski definition) is 2. The number of rotatable bonds is 4. The van der Waals surface area contributed by atoms with Gasteiger partial charge in [0.2, 0.25) is 0 Å². The van der Waals surface area contributed by atoms with Gasteiger partial charge in [0.05, 0.1) is 0 Å². The van der Waals surface area contributed by atoms with E-state index in [0.29, 0.717) is 0 Å². The molecule has 2 aromatic rings. The summed E-state index contributed by atoms with van der Waals surface area (Å²) in [6.45, 7) is 7.39. The zero-order chi connectivity index (χ0) is 14.7. The van der Waals surface area contributed by atoms with Crippen LogP contribution in [0, 0.1) is 6.92 Å². The van der Waals surface area contributed by atoms with Crippen molar-refractivity contribution in [1.29, 1.82) is 0 Å². The third kappa shape index (κ3) is 3.11. The predicted molar refractivity (Wildman–Crippen MR) is 90.3 cm³/mol. The maximum atomic E-state index is 3.37. The smallest absolute Gasteiger partial charge is 0.0443 e. The van der Waals surface area contributed by atoms with Crippen LogP contribution >= 0.6 is 0 Å². The highest BCUT2D eigenvalue weighted by molar-refractivity contribution is 5.68. The first-order chi connectivity index (χ1) is 10.3. The second-order valence-corrected chi connectivity index (χ2v) is 5.83. The van der Waals surface area contributed by atoms with Crippen LogP contribution in [0.1, 0.15) is 30.0 Å². The number of fused-ring (bicyclic) bond motifs is 1. The molecule has 21 heavy (non-hydrogen) atoms. The molecule has 2 nitrogen and oxygen atoms in total. The van der Waals surface area contributed by atoms with Gasteiger partial charge in [0.15, 0.2) is 0 Å². The first-order valence-corrected chi connectivity index (χ1v) is 7.94. The summed E-state index contributed by atoms with van der Waals surface area (Å²) in [5, 5.41) is 3.37. The Hall–Kier alpha value is -1.80. The van der Waals surface area contributed by atoms with Gasteiger partial charge in [-0.2, -0.15) is 0 Å². The molecule has 0 saturated heterocycles. The van der Waals surface area contributed by atoms with Crippen molar-refractivity contribution < 1.29 is 0 Å². The summed E-state index contributed by atoms with van der Waals surface area (Å²) >= 11 is 0. The number of hydrogen-bond donors (Lipinski definition) is 1. The predicted octanol–water partition coefficient (Wildman–Crippen LogP) is 4.19. The fourth-order valence-electron chi connectivity index (χ4n) is 3.06. The van der Waals surface area contributed by atoms with E-state index >= 15 is 0 Å². The van der Waals surface area contributed by atoms with Gasteiger partial charge in [0.1, 0.15) is 0 Å². The lowest BCUT2D eigenvalue weighted by atomic mass is 9.99. The van der Waals surface area contributed by atoms with E-state index in [9.17, 15) is 0 Å². The highest BCUT2D eigenvalue weighted by Gasteiger charge is 2.17. The van der Waals surface area contributed by atoms with Gasteiger partial charge in [-0.25, -0.2) is 0 Å². The molecular weight excluding hydrogens is 256 g/mol. The van der Waals surface area contributed by atoms with Crippen molar-refractivity contribution in [2.45, 2.75) is 33.2 Å². The van der Waals surface area contributed by atoms with Crippen molar-refractivity contribution in [3.8, 4) is 0 Å². The molecule has 2 aromatic carbocycles. The Balaban J connectivity index is 1.85. The van der Waals surface area contributed by atoms with E-state index < -0.39 is 0 Å². The minimum Gasteiger partial charge on any atom is -0.341 e. The average molecular weight is 280 g/mol. The molecule has 1 aliphatic heterocycles. The van der Waals surface area contributed by atoms with Gasteiger partial charge < -0.3 is 10.2 Å². The van der Waals surface area contributed by atoms with Crippen molar-refractivity contribution >= 4 is 11.4 Å². The summed E-state index contributed by atoms with van der Waals surface area (Å²) in [7, 11) is 0. The lowest BCUT2D eigenvalue weighted by Gasteiger charge is -2.31. The van der Waals surface area contributed by atoms with Crippen LogP contribution in [-0.4, -0.2) is 13.1 Å². The van der Waals surface area contributed by atoms with Crippen LogP contribution in [-0.2, 0) is 13.0 Å². The SMILES string of the molecule is CCNCc1ccc(N2CCCc3cc(C)ccc32)cc1. The largest absolute Gasteiger partial charge is 0.341 e. The van der Waals surface area contributed by atoms with Crippen LogP contribution in [0.5, 0.6) is 0 Å². The van der Waals surface area contributed by atoms with E-state index in [1.165, 1.54) is 40.9 Å². The molecule has 0 aliphatic carbocycles. The van der Waals surface area contributed by atoms with Gasteiger partial charge in [-0.05, 0) is 55.6 Å². The number of benzene rings is 2. The molecule has 1 aliphatic rings. The third-order valence-corrected chi connectivity index (χ3v) is 4.18. The Morgan fingerprint density at radius 2 is 1.90 bits per heavy atom. The zero-order valence-electron chi connectivity index (χ0n) is 13.0. The topological polar surface area (TPSA) is 15.3 Å². The van der Waals surface area contributed by atoms with E-state index in [1.807, 2.05) is 0 Å². The molecule has 0 unspecified atom stereocenters. The second-order valence-electron chi connectivity index (χ2n) is 5.83. The Morgan fingerprint density at radius 1 is 1.10 bits per heavy atom. The van der Waals surface area contributed by atoms with Crippen LogP contribution in [0.15, 0.2) is 42.5 Å². The molecule has 0 radical (unpaired) electrons. The minimum atomic E-state index is 0.951. The maximum Gasteiger partial charge on any atom is 0.0443 e. The molecule has 0 atom stereocenters. The summed E-state index contributed by atoms with van der Waals surface area (Å²) < 4.78 is 0. The Bertz CT molecular complexity index is 601. The molecular formula is C19H24N2. The highest BCUT2D eigenvalue weighted by atomic mass is 15.1. The van der Waals surface area contributed by atoms with Gasteiger partial charge in [-0.3, -0.25) is 0 Å². The van der Waals surface area contributed by atoms with Crippen molar-refractivity contribution in [3.63, 3.8) is 0 Å². The molecule has 1 heterocycles. The first kappa shape index (κ1) is 14.2. The van der Waals surface area contributed by atoms with Crippen molar-refractivity contribution in [2.24, 2.45) is 0 Å². The molecule has 0 amide bonds. The molecule has 0 fully saturated rings. The summed E-state index contributed by atoms with van der Waals surface area (Å²) in [5.41, 5.74) is 6.88. The second kappa shape index (κ2) is 6.31. The first-order valence-electron chi connectivity index (χ1n) is 7.94. The molecule has 1 N–H and O–H groups in total.